The molecule has 0 radical (unpaired) electrons. The third-order valence-electron chi connectivity index (χ3n) is 2.94. The van der Waals surface area contributed by atoms with Crippen molar-refractivity contribution in [1.82, 2.24) is 29.4 Å². The Balaban J connectivity index is 1.97. The lowest BCUT2D eigenvalue weighted by Gasteiger charge is -2.12. The molecule has 8 nitrogen and oxygen atoms in total. The zero-order chi connectivity index (χ0) is 15.5. The number of thioether (sulfide) groups is 1. The highest BCUT2D eigenvalue weighted by Gasteiger charge is 2.14. The number of benzene rings is 1. The fraction of sp³-hybridized carbons (Fsp3) is 0.167. The first-order chi connectivity index (χ1) is 10.7. The molecule has 22 heavy (non-hydrogen) atoms. The van der Waals surface area contributed by atoms with Crippen LogP contribution in [0.25, 0.3) is 5.69 Å². The van der Waals surface area contributed by atoms with Crippen LogP contribution in [0.1, 0.15) is 5.56 Å². The molecule has 0 aliphatic carbocycles. The zero-order valence-electron chi connectivity index (χ0n) is 11.5. The molecular weight excluding hydrogens is 324 g/mol. The first-order valence-electron chi connectivity index (χ1n) is 6.23. The standard InChI is InChI=1S/C12H12N6O2S2/c1-22-10-4-2-3-9(18-12(19)13-15-16-18)8(10)7-20-11-5-6-17(21)14-11/h2-6,21H,7H2,1H3,(H,13,16,19). The Bertz CT molecular complexity index is 840. The minimum Gasteiger partial charge on any atom is -0.472 e. The third kappa shape index (κ3) is 2.88. The van der Waals surface area contributed by atoms with Crippen molar-refractivity contribution < 1.29 is 4.74 Å². The lowest BCUT2D eigenvalue weighted by molar-refractivity contribution is 0.289. The van der Waals surface area contributed by atoms with Gasteiger partial charge in [-0.2, -0.15) is 4.68 Å². The van der Waals surface area contributed by atoms with E-state index < -0.39 is 5.69 Å². The number of aromatic amines is 1. The fourth-order valence-electron chi connectivity index (χ4n) is 1.97. The molecule has 3 aromatic rings. The van der Waals surface area contributed by atoms with Crippen molar-refractivity contribution in [3.8, 4) is 11.6 Å². The molecule has 1 N–H and O–H groups in total. The van der Waals surface area contributed by atoms with Crippen molar-refractivity contribution in [2.75, 3.05) is 6.26 Å². The van der Waals surface area contributed by atoms with Gasteiger partial charge in [0, 0.05) is 22.7 Å². The van der Waals surface area contributed by atoms with Gasteiger partial charge in [-0.3, -0.25) is 0 Å². The van der Waals surface area contributed by atoms with E-state index in [1.165, 1.54) is 8.77 Å². The number of tetrazole rings is 1. The number of hydrogen-bond donors (Lipinski definition) is 2. The number of aromatic nitrogens is 6. The van der Waals surface area contributed by atoms with Crippen LogP contribution in [0.5, 0.6) is 5.88 Å². The largest absolute Gasteiger partial charge is 0.472 e. The molecular formula is C12H12N6O2S2. The normalized spacial score (nSPS) is 10.8. The van der Waals surface area contributed by atoms with Crippen LogP contribution in [0.15, 0.2) is 40.2 Å². The van der Waals surface area contributed by atoms with Gasteiger partial charge in [-0.25, -0.2) is 14.0 Å². The topological polar surface area (TPSA) is 90.6 Å². The molecule has 2 heterocycles. The van der Waals surface area contributed by atoms with Crippen molar-refractivity contribution in [2.45, 2.75) is 11.5 Å². The van der Waals surface area contributed by atoms with Gasteiger partial charge in [0.05, 0.1) is 5.69 Å². The molecule has 3 rings (SSSR count). The first-order valence-corrected chi connectivity index (χ1v) is 7.86. The van der Waals surface area contributed by atoms with Crippen LogP contribution in [-0.2, 0) is 6.61 Å². The van der Waals surface area contributed by atoms with Gasteiger partial charge in [0.1, 0.15) is 6.61 Å². The molecule has 0 fully saturated rings. The van der Waals surface area contributed by atoms with Crippen LogP contribution in [0.4, 0.5) is 0 Å². The smallest absolute Gasteiger partial charge is 0.365 e. The summed E-state index contributed by atoms with van der Waals surface area (Å²) in [6.45, 7) is 0.246. The molecule has 0 unspecified atom stereocenters. The van der Waals surface area contributed by atoms with Crippen molar-refractivity contribution in [3.63, 3.8) is 0 Å². The Morgan fingerprint density at radius 2 is 2.27 bits per heavy atom. The van der Waals surface area contributed by atoms with Crippen LogP contribution in [0.3, 0.4) is 0 Å². The van der Waals surface area contributed by atoms with Gasteiger partial charge < -0.3 is 4.74 Å². The Hall–Kier alpha value is -2.20. The van der Waals surface area contributed by atoms with Crippen molar-refractivity contribution >= 4 is 24.6 Å². The monoisotopic (exact) mass is 336 g/mol. The zero-order valence-corrected chi connectivity index (χ0v) is 13.2. The molecule has 114 valence electrons. The van der Waals surface area contributed by atoms with Crippen LogP contribution >= 0.6 is 24.6 Å². The number of hydrogen-bond acceptors (Lipinski definition) is 7. The molecule has 0 aliphatic heterocycles. The summed E-state index contributed by atoms with van der Waals surface area (Å²) < 4.78 is 8.23. The fourth-order valence-corrected chi connectivity index (χ4v) is 2.74. The summed E-state index contributed by atoms with van der Waals surface area (Å²) in [5.74, 6) is 0.448. The molecule has 1 aromatic carbocycles. The second-order valence-corrected chi connectivity index (χ2v) is 5.50. The van der Waals surface area contributed by atoms with E-state index in [0.717, 1.165) is 10.5 Å². The Labute approximate surface area is 135 Å². The average molecular weight is 336 g/mol. The van der Waals surface area contributed by atoms with Gasteiger partial charge in [0.2, 0.25) is 5.88 Å². The number of thiol groups is 1. The first kappa shape index (κ1) is 14.7. The van der Waals surface area contributed by atoms with E-state index in [9.17, 15) is 4.79 Å². The van der Waals surface area contributed by atoms with Crippen LogP contribution in [0.2, 0.25) is 0 Å². The second kappa shape index (κ2) is 6.28. The lowest BCUT2D eigenvalue weighted by atomic mass is 10.2. The number of nitrogens with zero attached hydrogens (tertiary/aromatic N) is 5. The summed E-state index contributed by atoms with van der Waals surface area (Å²) in [5, 5.41) is 13.6. The number of nitrogens with one attached hydrogen (secondary N) is 1. The van der Waals surface area contributed by atoms with E-state index in [1.54, 1.807) is 30.1 Å². The summed E-state index contributed by atoms with van der Waals surface area (Å²) in [6.07, 6.45) is 3.62. The Morgan fingerprint density at radius 3 is 2.91 bits per heavy atom. The quantitative estimate of drug-likeness (QED) is 0.536. The van der Waals surface area contributed by atoms with Gasteiger partial charge in [0.15, 0.2) is 0 Å². The third-order valence-corrected chi connectivity index (χ3v) is 3.99. The molecule has 0 atom stereocenters. The van der Waals surface area contributed by atoms with Crippen molar-refractivity contribution in [1.29, 1.82) is 0 Å². The van der Waals surface area contributed by atoms with E-state index >= 15 is 0 Å². The number of rotatable bonds is 5. The van der Waals surface area contributed by atoms with Crippen LogP contribution in [0, 0.1) is 0 Å². The predicted octanol–water partition coefficient (Wildman–Crippen LogP) is 1.15. The highest BCUT2D eigenvalue weighted by Crippen LogP contribution is 2.26. The molecule has 0 spiro atoms. The molecule has 0 saturated carbocycles. The van der Waals surface area contributed by atoms with E-state index in [2.05, 4.69) is 33.4 Å². The van der Waals surface area contributed by atoms with Crippen LogP contribution in [-0.4, -0.2) is 35.6 Å². The Morgan fingerprint density at radius 1 is 1.41 bits per heavy atom. The maximum Gasteiger partial charge on any atom is 0.365 e. The summed E-state index contributed by atoms with van der Waals surface area (Å²) >= 11 is 5.62. The number of ether oxygens (including phenoxy) is 1. The average Bonchev–Trinajstić information content (AvgIpc) is 3.13. The van der Waals surface area contributed by atoms with Gasteiger partial charge in [-0.15, -0.1) is 16.9 Å². The summed E-state index contributed by atoms with van der Waals surface area (Å²) in [5.41, 5.74) is 1.05. The maximum absolute atomic E-state index is 11.8. The maximum atomic E-state index is 11.8. The molecule has 0 aliphatic rings. The minimum atomic E-state index is -0.404. The molecule has 10 heteroatoms. The van der Waals surface area contributed by atoms with Gasteiger partial charge >= 0.3 is 5.69 Å². The predicted molar refractivity (Wildman–Crippen MR) is 84.7 cm³/mol. The van der Waals surface area contributed by atoms with Gasteiger partial charge in [-0.1, -0.05) is 6.07 Å². The highest BCUT2D eigenvalue weighted by molar-refractivity contribution is 7.98. The molecule has 0 bridgehead atoms. The highest BCUT2D eigenvalue weighted by atomic mass is 32.2. The van der Waals surface area contributed by atoms with Crippen molar-refractivity contribution in [3.05, 3.63) is 46.5 Å². The number of H-pyrrole nitrogens is 1. The summed E-state index contributed by atoms with van der Waals surface area (Å²) in [6, 6.07) is 7.31. The van der Waals surface area contributed by atoms with Gasteiger partial charge in [0.25, 0.3) is 0 Å². The van der Waals surface area contributed by atoms with E-state index in [-0.39, 0.29) is 6.61 Å². The molecule has 0 amide bonds. The van der Waals surface area contributed by atoms with Crippen LogP contribution < -0.4 is 10.4 Å². The van der Waals surface area contributed by atoms with E-state index in [1.807, 2.05) is 18.4 Å². The molecule has 0 saturated heterocycles. The van der Waals surface area contributed by atoms with Gasteiger partial charge in [-0.05, 0) is 41.6 Å². The van der Waals surface area contributed by atoms with E-state index in [4.69, 9.17) is 4.74 Å². The SMILES string of the molecule is CSc1cccc(-n2nn[nH]c2=O)c1COc1ccn(S)n1. The Kier molecular flexibility index (Phi) is 4.20. The second-order valence-electron chi connectivity index (χ2n) is 4.24. The minimum absolute atomic E-state index is 0.246. The summed E-state index contributed by atoms with van der Waals surface area (Å²) in [7, 11) is 0. The van der Waals surface area contributed by atoms with Crippen molar-refractivity contribution in [2.24, 2.45) is 0 Å². The molecule has 2 aromatic heterocycles. The van der Waals surface area contributed by atoms with E-state index in [0.29, 0.717) is 11.6 Å². The summed E-state index contributed by atoms with van der Waals surface area (Å²) in [4.78, 5) is 12.7. The lowest BCUT2D eigenvalue weighted by Crippen LogP contribution is -2.18.